The van der Waals surface area contributed by atoms with Gasteiger partial charge in [-0.15, -0.1) is 0 Å². The zero-order valence-electron chi connectivity index (χ0n) is 19.5. The molecule has 13 heteroatoms. The van der Waals surface area contributed by atoms with Gasteiger partial charge in [-0.05, 0) is 30.3 Å². The van der Waals surface area contributed by atoms with Gasteiger partial charge in [0.2, 0.25) is 11.7 Å². The lowest BCUT2D eigenvalue weighted by atomic mass is 10.0. The quantitative estimate of drug-likeness (QED) is 0.260. The number of halogens is 3. The van der Waals surface area contributed by atoms with Gasteiger partial charge in [0.15, 0.2) is 5.82 Å². The maximum Gasteiger partial charge on any atom is 0.264 e. The monoisotopic (exact) mass is 538 g/mol. The summed E-state index contributed by atoms with van der Waals surface area (Å²) in [5.74, 6) is -4.39. The number of fused-ring (bicyclic) bond motifs is 1. The first-order chi connectivity index (χ1) is 18.2. The molecule has 2 aromatic carbocycles. The van der Waals surface area contributed by atoms with E-state index in [1.807, 2.05) is 4.72 Å². The number of aromatic amines is 1. The van der Waals surface area contributed by atoms with Crippen molar-refractivity contribution < 1.29 is 26.4 Å². The van der Waals surface area contributed by atoms with Crippen LogP contribution in [0.1, 0.15) is 15.9 Å². The van der Waals surface area contributed by atoms with Crippen molar-refractivity contribution in [3.05, 3.63) is 95.8 Å². The zero-order valence-corrected chi connectivity index (χ0v) is 20.3. The van der Waals surface area contributed by atoms with Crippen LogP contribution >= 0.6 is 0 Å². The number of benzene rings is 2. The Kier molecular flexibility index (Phi) is 6.28. The maximum atomic E-state index is 15.4. The molecule has 3 aromatic heterocycles. The first kappa shape index (κ1) is 24.9. The molecule has 0 aliphatic heterocycles. The van der Waals surface area contributed by atoms with Crippen molar-refractivity contribution in [1.29, 1.82) is 0 Å². The van der Waals surface area contributed by atoms with Gasteiger partial charge in [-0.2, -0.15) is 0 Å². The SMILES string of the molecule is CNc1ncc(-c2cnc3[nH]cc(C(=O)c4c(F)ccc(NS(=O)(=O)c5ccccc5F)c4F)c3c2)cn1. The molecule has 3 N–H and O–H groups in total. The number of carbonyl (C=O) groups is 1. The Morgan fingerprint density at radius 2 is 1.63 bits per heavy atom. The minimum Gasteiger partial charge on any atom is -0.357 e. The Hall–Kier alpha value is -4.78. The van der Waals surface area contributed by atoms with Gasteiger partial charge in [-0.25, -0.2) is 36.5 Å². The topological polar surface area (TPSA) is 130 Å². The molecule has 0 radical (unpaired) electrons. The van der Waals surface area contributed by atoms with Crippen molar-refractivity contribution in [2.24, 2.45) is 0 Å². The van der Waals surface area contributed by atoms with Gasteiger partial charge in [-0.1, -0.05) is 12.1 Å². The molecule has 192 valence electrons. The number of nitrogens with zero attached hydrogens (tertiary/aromatic N) is 3. The molecule has 9 nitrogen and oxygen atoms in total. The predicted molar refractivity (Wildman–Crippen MR) is 134 cm³/mol. The van der Waals surface area contributed by atoms with Crippen LogP contribution in [0, 0.1) is 17.5 Å². The molecular formula is C25H17F3N6O3S. The average molecular weight is 539 g/mol. The molecule has 0 bridgehead atoms. The van der Waals surface area contributed by atoms with E-state index in [2.05, 4.69) is 25.3 Å². The second kappa shape index (κ2) is 9.59. The van der Waals surface area contributed by atoms with E-state index in [4.69, 9.17) is 0 Å². The third kappa shape index (κ3) is 4.43. The first-order valence-electron chi connectivity index (χ1n) is 11.0. The molecule has 0 aliphatic rings. The number of hydrogen-bond donors (Lipinski definition) is 3. The Morgan fingerprint density at radius 1 is 0.921 bits per heavy atom. The number of ketones is 1. The average Bonchev–Trinajstić information content (AvgIpc) is 3.34. The lowest BCUT2D eigenvalue weighted by Gasteiger charge is -2.12. The van der Waals surface area contributed by atoms with Crippen LogP contribution in [-0.2, 0) is 10.0 Å². The van der Waals surface area contributed by atoms with Crippen LogP contribution in [0.5, 0.6) is 0 Å². The summed E-state index contributed by atoms with van der Waals surface area (Å²) in [5, 5.41) is 3.06. The van der Waals surface area contributed by atoms with Gasteiger partial charge in [-0.3, -0.25) is 9.52 Å². The Balaban J connectivity index is 1.54. The number of H-pyrrole nitrogens is 1. The highest BCUT2D eigenvalue weighted by Gasteiger charge is 2.27. The number of pyridine rings is 1. The van der Waals surface area contributed by atoms with Crippen LogP contribution < -0.4 is 10.0 Å². The highest BCUT2D eigenvalue weighted by molar-refractivity contribution is 7.92. The minimum absolute atomic E-state index is 0.103. The summed E-state index contributed by atoms with van der Waals surface area (Å²) in [6.45, 7) is 0. The minimum atomic E-state index is -4.58. The second-order valence-corrected chi connectivity index (χ2v) is 9.67. The van der Waals surface area contributed by atoms with Crippen molar-refractivity contribution in [2.45, 2.75) is 4.90 Å². The number of aromatic nitrogens is 4. The van der Waals surface area contributed by atoms with Crippen LogP contribution in [0.15, 0.2) is 72.1 Å². The Morgan fingerprint density at radius 3 is 2.34 bits per heavy atom. The molecule has 5 rings (SSSR count). The fraction of sp³-hybridized carbons (Fsp3) is 0.0400. The summed E-state index contributed by atoms with van der Waals surface area (Å²) < 4.78 is 71.4. The van der Waals surface area contributed by atoms with Gasteiger partial charge >= 0.3 is 0 Å². The van der Waals surface area contributed by atoms with Crippen LogP contribution in [-0.4, -0.2) is 41.2 Å². The van der Waals surface area contributed by atoms with Crippen LogP contribution in [0.25, 0.3) is 22.2 Å². The van der Waals surface area contributed by atoms with E-state index in [0.717, 1.165) is 24.3 Å². The van der Waals surface area contributed by atoms with E-state index in [1.54, 1.807) is 25.5 Å². The highest BCUT2D eigenvalue weighted by Crippen LogP contribution is 2.30. The van der Waals surface area contributed by atoms with Crippen molar-refractivity contribution in [3.8, 4) is 11.1 Å². The molecule has 0 unspecified atom stereocenters. The first-order valence-corrected chi connectivity index (χ1v) is 12.4. The van der Waals surface area contributed by atoms with Gasteiger partial charge in [0.1, 0.15) is 22.2 Å². The standard InChI is InChI=1S/C25H17F3N6O3S/c1-29-25-32-10-14(11-33-25)13-8-15-16(12-31-24(15)30-9-13)23(35)21-18(27)6-7-19(22(21)28)34-38(36,37)20-5-3-2-4-17(20)26/h2-12,34H,1H3,(H,30,31)(H,29,32,33). The lowest BCUT2D eigenvalue weighted by Crippen LogP contribution is -2.17. The smallest absolute Gasteiger partial charge is 0.264 e. The van der Waals surface area contributed by atoms with E-state index in [0.29, 0.717) is 17.1 Å². The number of hydrogen-bond acceptors (Lipinski definition) is 7. The van der Waals surface area contributed by atoms with Gasteiger partial charge < -0.3 is 10.3 Å². The molecule has 0 saturated carbocycles. The molecule has 0 saturated heterocycles. The van der Waals surface area contributed by atoms with Crippen molar-refractivity contribution >= 4 is 38.5 Å². The second-order valence-electron chi connectivity index (χ2n) is 8.02. The Bertz CT molecular complexity index is 1810. The fourth-order valence-corrected chi connectivity index (χ4v) is 4.93. The normalized spacial score (nSPS) is 11.5. The fourth-order valence-electron chi connectivity index (χ4n) is 3.79. The molecule has 0 fully saturated rings. The van der Waals surface area contributed by atoms with Crippen LogP contribution in [0.3, 0.4) is 0 Å². The number of carbonyl (C=O) groups excluding carboxylic acids is 1. The highest BCUT2D eigenvalue weighted by atomic mass is 32.2. The van der Waals surface area contributed by atoms with Gasteiger partial charge in [0.25, 0.3) is 10.0 Å². The lowest BCUT2D eigenvalue weighted by molar-refractivity contribution is 0.103. The number of anilines is 2. The predicted octanol–water partition coefficient (Wildman–Crippen LogP) is 4.51. The van der Waals surface area contributed by atoms with Crippen molar-refractivity contribution in [3.63, 3.8) is 0 Å². The van der Waals surface area contributed by atoms with Crippen molar-refractivity contribution in [2.75, 3.05) is 17.1 Å². The molecule has 0 amide bonds. The molecule has 3 heterocycles. The van der Waals surface area contributed by atoms with E-state index in [9.17, 15) is 22.0 Å². The molecule has 38 heavy (non-hydrogen) atoms. The molecule has 0 aliphatic carbocycles. The van der Waals surface area contributed by atoms with E-state index in [1.165, 1.54) is 24.5 Å². The largest absolute Gasteiger partial charge is 0.357 e. The summed E-state index contributed by atoms with van der Waals surface area (Å²) in [6.07, 6.45) is 5.85. The Labute approximate surface area is 213 Å². The van der Waals surface area contributed by atoms with E-state index < -0.39 is 49.4 Å². The van der Waals surface area contributed by atoms with E-state index >= 15 is 4.39 Å². The maximum absolute atomic E-state index is 15.4. The third-order valence-electron chi connectivity index (χ3n) is 5.67. The molecular weight excluding hydrogens is 521 g/mol. The summed E-state index contributed by atoms with van der Waals surface area (Å²) in [4.78, 5) is 27.9. The van der Waals surface area contributed by atoms with E-state index in [-0.39, 0.29) is 16.6 Å². The summed E-state index contributed by atoms with van der Waals surface area (Å²) in [5.41, 5.74) is -0.414. The number of rotatable bonds is 7. The molecule has 0 spiro atoms. The third-order valence-corrected chi connectivity index (χ3v) is 7.07. The van der Waals surface area contributed by atoms with Crippen LogP contribution in [0.4, 0.5) is 24.8 Å². The summed E-state index contributed by atoms with van der Waals surface area (Å²) in [6, 6.07) is 7.62. The molecule has 5 aromatic rings. The van der Waals surface area contributed by atoms with Gasteiger partial charge in [0, 0.05) is 53.9 Å². The van der Waals surface area contributed by atoms with Crippen LogP contribution in [0.2, 0.25) is 0 Å². The van der Waals surface area contributed by atoms with Gasteiger partial charge in [0.05, 0.1) is 11.3 Å². The molecule has 0 atom stereocenters. The van der Waals surface area contributed by atoms with Crippen molar-refractivity contribution in [1.82, 2.24) is 19.9 Å². The summed E-state index contributed by atoms with van der Waals surface area (Å²) >= 11 is 0. The number of sulfonamides is 1. The number of nitrogens with one attached hydrogen (secondary N) is 3. The zero-order chi connectivity index (χ0) is 27.0. The summed E-state index contributed by atoms with van der Waals surface area (Å²) in [7, 11) is -2.92.